The van der Waals surface area contributed by atoms with Crippen molar-refractivity contribution < 1.29 is 0 Å². The molecular formula is C21H36IN5. The normalized spacial score (nSPS) is 19.6. The minimum atomic E-state index is 0. The summed E-state index contributed by atoms with van der Waals surface area (Å²) in [5.74, 6) is 0.937. The first-order valence-corrected chi connectivity index (χ1v) is 10.1. The quantitative estimate of drug-likeness (QED) is 0.382. The van der Waals surface area contributed by atoms with E-state index in [1.165, 1.54) is 37.2 Å². The number of nitrogens with zero attached hydrogens (tertiary/aromatic N) is 3. The first-order chi connectivity index (χ1) is 12.6. The van der Waals surface area contributed by atoms with Crippen LogP contribution in [0, 0.1) is 0 Å². The fourth-order valence-electron chi connectivity index (χ4n) is 4.12. The van der Waals surface area contributed by atoms with Crippen LogP contribution in [0.15, 0.2) is 29.3 Å². The topological polar surface area (TPSA) is 42.9 Å². The number of guanidine groups is 1. The molecule has 1 atom stereocenters. The van der Waals surface area contributed by atoms with Crippen LogP contribution in [0.5, 0.6) is 0 Å². The van der Waals surface area contributed by atoms with Crippen molar-refractivity contribution in [3.05, 3.63) is 29.8 Å². The third-order valence-corrected chi connectivity index (χ3v) is 5.84. The summed E-state index contributed by atoms with van der Waals surface area (Å²) in [6.45, 7) is 11.2. The van der Waals surface area contributed by atoms with Crippen LogP contribution in [-0.4, -0.2) is 62.2 Å². The molecule has 0 saturated carbocycles. The largest absolute Gasteiger partial charge is 0.366 e. The lowest BCUT2D eigenvalue weighted by Crippen LogP contribution is -2.51. The van der Waals surface area contributed by atoms with Gasteiger partial charge in [0.15, 0.2) is 5.96 Å². The smallest absolute Gasteiger partial charge is 0.191 e. The number of hydrogen-bond donors (Lipinski definition) is 2. The number of anilines is 1. The molecule has 2 aliphatic heterocycles. The molecule has 0 spiro atoms. The number of piperidine rings is 1. The fourth-order valence-corrected chi connectivity index (χ4v) is 4.12. The highest BCUT2D eigenvalue weighted by Crippen LogP contribution is 2.28. The summed E-state index contributed by atoms with van der Waals surface area (Å²) in [4.78, 5) is 9.51. The lowest BCUT2D eigenvalue weighted by atomic mass is 10.0. The lowest BCUT2D eigenvalue weighted by Gasteiger charge is -2.35. The number of halogens is 1. The summed E-state index contributed by atoms with van der Waals surface area (Å²) in [6, 6.07) is 10.4. The molecule has 5 nitrogen and oxygen atoms in total. The highest BCUT2D eigenvalue weighted by Gasteiger charge is 2.24. The van der Waals surface area contributed by atoms with Crippen LogP contribution >= 0.6 is 24.0 Å². The van der Waals surface area contributed by atoms with Gasteiger partial charge >= 0.3 is 0 Å². The number of hydrogen-bond acceptors (Lipinski definition) is 3. The third kappa shape index (κ3) is 5.73. The molecule has 27 heavy (non-hydrogen) atoms. The second-order valence-electron chi connectivity index (χ2n) is 7.92. The Hall–Kier alpha value is -1.02. The zero-order chi connectivity index (χ0) is 18.5. The number of para-hydroxylation sites is 1. The van der Waals surface area contributed by atoms with Gasteiger partial charge in [-0.1, -0.05) is 18.2 Å². The average Bonchev–Trinajstić information content (AvgIpc) is 3.09. The average molecular weight is 485 g/mol. The number of nitrogens with one attached hydrogen (secondary N) is 2. The molecule has 0 radical (unpaired) electrons. The van der Waals surface area contributed by atoms with Gasteiger partial charge in [-0.05, 0) is 51.7 Å². The summed E-state index contributed by atoms with van der Waals surface area (Å²) < 4.78 is 0. The van der Waals surface area contributed by atoms with E-state index < -0.39 is 0 Å². The second kappa shape index (κ2) is 10.5. The van der Waals surface area contributed by atoms with E-state index in [1.54, 1.807) is 0 Å². The van der Waals surface area contributed by atoms with Gasteiger partial charge in [0.2, 0.25) is 0 Å². The zero-order valence-corrected chi connectivity index (χ0v) is 19.6. The van der Waals surface area contributed by atoms with Crippen molar-refractivity contribution in [2.45, 2.75) is 58.2 Å². The van der Waals surface area contributed by atoms with Crippen molar-refractivity contribution in [3.63, 3.8) is 0 Å². The van der Waals surface area contributed by atoms with Crippen LogP contribution in [0.2, 0.25) is 0 Å². The first-order valence-electron chi connectivity index (χ1n) is 10.1. The van der Waals surface area contributed by atoms with Gasteiger partial charge in [0.25, 0.3) is 0 Å². The Bertz CT molecular complexity index is 610. The predicted molar refractivity (Wildman–Crippen MR) is 127 cm³/mol. The Balaban J connectivity index is 0.00000261. The summed E-state index contributed by atoms with van der Waals surface area (Å²) >= 11 is 0. The Morgan fingerprint density at radius 1 is 1.15 bits per heavy atom. The van der Waals surface area contributed by atoms with Crippen LogP contribution in [0.3, 0.4) is 0 Å². The number of aliphatic imine (C=N–C) groups is 1. The molecule has 1 fully saturated rings. The summed E-state index contributed by atoms with van der Waals surface area (Å²) in [7, 11) is 1.87. The van der Waals surface area contributed by atoms with Crippen molar-refractivity contribution in [1.82, 2.24) is 15.5 Å². The van der Waals surface area contributed by atoms with Crippen molar-refractivity contribution in [1.29, 1.82) is 0 Å². The van der Waals surface area contributed by atoms with Crippen LogP contribution < -0.4 is 15.5 Å². The maximum Gasteiger partial charge on any atom is 0.191 e. The lowest BCUT2D eigenvalue weighted by molar-refractivity contribution is 0.167. The van der Waals surface area contributed by atoms with Crippen molar-refractivity contribution in [3.8, 4) is 0 Å². The SMILES string of the molecule is CN=C(NCC(C)N1CCc2ccccc21)NC1CCN(C(C)C)CC1.I. The highest BCUT2D eigenvalue weighted by atomic mass is 127. The molecule has 0 aliphatic carbocycles. The van der Waals surface area contributed by atoms with Crippen molar-refractivity contribution >= 4 is 35.6 Å². The van der Waals surface area contributed by atoms with E-state index in [0.717, 1.165) is 25.5 Å². The van der Waals surface area contributed by atoms with E-state index in [-0.39, 0.29) is 24.0 Å². The third-order valence-electron chi connectivity index (χ3n) is 5.84. The second-order valence-corrected chi connectivity index (χ2v) is 7.92. The van der Waals surface area contributed by atoms with Gasteiger partial charge in [-0.2, -0.15) is 0 Å². The van der Waals surface area contributed by atoms with Crippen LogP contribution in [0.1, 0.15) is 39.2 Å². The first kappa shape index (κ1) is 22.3. The summed E-state index contributed by atoms with van der Waals surface area (Å²) in [6.07, 6.45) is 3.53. The van der Waals surface area contributed by atoms with Gasteiger partial charge in [-0.15, -0.1) is 24.0 Å². The molecule has 3 rings (SSSR count). The van der Waals surface area contributed by atoms with Crippen LogP contribution in [0.4, 0.5) is 5.69 Å². The van der Waals surface area contributed by atoms with Gasteiger partial charge < -0.3 is 20.4 Å². The molecule has 2 N–H and O–H groups in total. The van der Waals surface area contributed by atoms with Gasteiger partial charge in [-0.25, -0.2) is 0 Å². The molecule has 2 aliphatic rings. The molecule has 6 heteroatoms. The van der Waals surface area contributed by atoms with Gasteiger partial charge in [0.05, 0.1) is 0 Å². The summed E-state index contributed by atoms with van der Waals surface area (Å²) in [5.41, 5.74) is 2.87. The maximum absolute atomic E-state index is 4.44. The number of rotatable bonds is 5. The molecule has 0 aromatic heterocycles. The maximum atomic E-state index is 4.44. The molecule has 1 saturated heterocycles. The van der Waals surface area contributed by atoms with E-state index in [4.69, 9.17) is 0 Å². The minimum absolute atomic E-state index is 0. The Morgan fingerprint density at radius 2 is 1.85 bits per heavy atom. The molecule has 1 aromatic carbocycles. The molecule has 2 heterocycles. The fraction of sp³-hybridized carbons (Fsp3) is 0.667. The predicted octanol–water partition coefficient (Wildman–Crippen LogP) is 3.09. The van der Waals surface area contributed by atoms with E-state index in [0.29, 0.717) is 18.1 Å². The van der Waals surface area contributed by atoms with E-state index in [1.807, 2.05) is 7.05 Å². The number of likely N-dealkylation sites (tertiary alicyclic amines) is 1. The number of benzene rings is 1. The van der Waals surface area contributed by atoms with Gasteiger partial charge in [-0.3, -0.25) is 4.99 Å². The standard InChI is InChI=1S/C21H35N5.HI/c1-16(2)25-12-10-19(11-13-25)24-21(22-4)23-15-17(3)26-14-9-18-7-5-6-8-20(18)26;/h5-8,16-17,19H,9-15H2,1-4H3,(H2,22,23,24);1H. The van der Waals surface area contributed by atoms with E-state index >= 15 is 0 Å². The van der Waals surface area contributed by atoms with Crippen molar-refractivity contribution in [2.24, 2.45) is 4.99 Å². The van der Waals surface area contributed by atoms with Crippen molar-refractivity contribution in [2.75, 3.05) is 38.1 Å². The molecule has 1 aromatic rings. The molecule has 0 bridgehead atoms. The Labute approximate surface area is 182 Å². The number of fused-ring (bicyclic) bond motifs is 1. The van der Waals surface area contributed by atoms with E-state index in [9.17, 15) is 0 Å². The molecule has 0 amide bonds. The zero-order valence-electron chi connectivity index (χ0n) is 17.2. The molecular weight excluding hydrogens is 449 g/mol. The van der Waals surface area contributed by atoms with Gasteiger partial charge in [0.1, 0.15) is 0 Å². The van der Waals surface area contributed by atoms with Gasteiger partial charge in [0, 0.05) is 57.0 Å². The van der Waals surface area contributed by atoms with E-state index in [2.05, 4.69) is 70.5 Å². The highest BCUT2D eigenvalue weighted by molar-refractivity contribution is 14.0. The molecule has 1 unspecified atom stereocenters. The van der Waals surface area contributed by atoms with Crippen LogP contribution in [0.25, 0.3) is 0 Å². The Morgan fingerprint density at radius 3 is 2.52 bits per heavy atom. The Kier molecular flexibility index (Phi) is 8.66. The monoisotopic (exact) mass is 485 g/mol. The minimum Gasteiger partial charge on any atom is -0.366 e. The summed E-state index contributed by atoms with van der Waals surface area (Å²) in [5, 5.41) is 7.17. The van der Waals surface area contributed by atoms with Crippen LogP contribution in [-0.2, 0) is 6.42 Å². The molecule has 152 valence electrons.